The van der Waals surface area contributed by atoms with Crippen molar-refractivity contribution in [3.05, 3.63) is 75.1 Å². The van der Waals surface area contributed by atoms with Crippen molar-refractivity contribution in [1.82, 2.24) is 19.7 Å². The Morgan fingerprint density at radius 1 is 0.938 bits per heavy atom. The van der Waals surface area contributed by atoms with Crippen molar-refractivity contribution >= 4 is 23.0 Å². The number of amides is 1. The van der Waals surface area contributed by atoms with Crippen molar-refractivity contribution < 1.29 is 14.6 Å². The standard InChI is InChI=1S/C20H19N7O5/c28-19(13-25-14-21-20(22-25)15-2-1-3-18(12-15)27(31)32)24-10-8-23(9-11-24)16-4-6-17(7-5-16)26(29)30/h1-7,12,14H,8-11,13H2. The van der Waals surface area contributed by atoms with Gasteiger partial charge in [-0.3, -0.25) is 25.0 Å². The van der Waals surface area contributed by atoms with Gasteiger partial charge >= 0.3 is 0 Å². The van der Waals surface area contributed by atoms with Crippen LogP contribution in [0.1, 0.15) is 0 Å². The Hall–Kier alpha value is -4.35. The molecule has 0 aliphatic carbocycles. The Morgan fingerprint density at radius 3 is 2.28 bits per heavy atom. The number of anilines is 1. The molecule has 0 radical (unpaired) electrons. The molecule has 32 heavy (non-hydrogen) atoms. The van der Waals surface area contributed by atoms with Gasteiger partial charge < -0.3 is 9.80 Å². The van der Waals surface area contributed by atoms with E-state index < -0.39 is 9.85 Å². The number of hydrogen-bond acceptors (Lipinski definition) is 8. The van der Waals surface area contributed by atoms with Crippen LogP contribution >= 0.6 is 0 Å². The molecule has 4 rings (SSSR count). The molecule has 1 saturated heterocycles. The fourth-order valence-corrected chi connectivity index (χ4v) is 3.50. The van der Waals surface area contributed by atoms with Gasteiger partial charge in [0.15, 0.2) is 5.82 Å². The molecule has 0 saturated carbocycles. The lowest BCUT2D eigenvalue weighted by molar-refractivity contribution is -0.385. The van der Waals surface area contributed by atoms with Crippen LogP contribution in [0.25, 0.3) is 11.4 Å². The minimum absolute atomic E-state index is 0.0134. The number of nitro groups is 2. The molecule has 3 aromatic rings. The van der Waals surface area contributed by atoms with Gasteiger partial charge in [-0.25, -0.2) is 9.67 Å². The van der Waals surface area contributed by atoms with Crippen LogP contribution in [0.3, 0.4) is 0 Å². The number of nitrogens with zero attached hydrogens (tertiary/aromatic N) is 7. The summed E-state index contributed by atoms with van der Waals surface area (Å²) in [4.78, 5) is 41.5. The first-order chi connectivity index (χ1) is 15.4. The van der Waals surface area contributed by atoms with Crippen LogP contribution in [0.2, 0.25) is 0 Å². The van der Waals surface area contributed by atoms with Crippen molar-refractivity contribution in [3.8, 4) is 11.4 Å². The van der Waals surface area contributed by atoms with E-state index in [9.17, 15) is 25.0 Å². The van der Waals surface area contributed by atoms with E-state index in [0.29, 0.717) is 37.6 Å². The number of piperazine rings is 1. The fourth-order valence-electron chi connectivity index (χ4n) is 3.50. The third kappa shape index (κ3) is 4.53. The van der Waals surface area contributed by atoms with Crippen LogP contribution in [0.4, 0.5) is 17.1 Å². The summed E-state index contributed by atoms with van der Waals surface area (Å²) in [6, 6.07) is 12.4. The minimum Gasteiger partial charge on any atom is -0.368 e. The van der Waals surface area contributed by atoms with E-state index in [1.165, 1.54) is 35.3 Å². The maximum atomic E-state index is 12.7. The van der Waals surface area contributed by atoms with Gasteiger partial charge in [0.05, 0.1) is 9.85 Å². The highest BCUT2D eigenvalue weighted by molar-refractivity contribution is 5.76. The third-order valence-corrected chi connectivity index (χ3v) is 5.21. The minimum atomic E-state index is -0.486. The van der Waals surface area contributed by atoms with Gasteiger partial charge in [-0.2, -0.15) is 5.10 Å². The van der Waals surface area contributed by atoms with Crippen molar-refractivity contribution in [1.29, 1.82) is 0 Å². The van der Waals surface area contributed by atoms with Crippen LogP contribution < -0.4 is 4.90 Å². The van der Waals surface area contributed by atoms with Crippen LogP contribution in [0, 0.1) is 20.2 Å². The average molecular weight is 437 g/mol. The lowest BCUT2D eigenvalue weighted by Gasteiger charge is -2.36. The number of benzene rings is 2. The zero-order valence-electron chi connectivity index (χ0n) is 16.9. The summed E-state index contributed by atoms with van der Waals surface area (Å²) in [6.45, 7) is 2.27. The summed E-state index contributed by atoms with van der Waals surface area (Å²) in [6.07, 6.45) is 1.43. The molecule has 0 spiro atoms. The van der Waals surface area contributed by atoms with Gasteiger partial charge in [-0.1, -0.05) is 12.1 Å². The molecule has 2 aromatic carbocycles. The number of carbonyl (C=O) groups is 1. The molecule has 1 amide bonds. The summed E-state index contributed by atoms with van der Waals surface area (Å²) in [7, 11) is 0. The molecule has 12 heteroatoms. The molecule has 1 aliphatic heterocycles. The van der Waals surface area contributed by atoms with Gasteiger partial charge in [-0.05, 0) is 12.1 Å². The molecule has 12 nitrogen and oxygen atoms in total. The van der Waals surface area contributed by atoms with E-state index in [0.717, 1.165) is 5.69 Å². The summed E-state index contributed by atoms with van der Waals surface area (Å²) >= 11 is 0. The van der Waals surface area contributed by atoms with Crippen LogP contribution in [0.15, 0.2) is 54.9 Å². The highest BCUT2D eigenvalue weighted by Crippen LogP contribution is 2.22. The van der Waals surface area contributed by atoms with Gasteiger partial charge in [-0.15, -0.1) is 0 Å². The van der Waals surface area contributed by atoms with E-state index in [2.05, 4.69) is 15.0 Å². The first kappa shape index (κ1) is 20.9. The average Bonchev–Trinajstić information content (AvgIpc) is 3.28. The SMILES string of the molecule is O=C(Cn1cnc(-c2cccc([N+](=O)[O-])c2)n1)N1CCN(c2ccc([N+](=O)[O-])cc2)CC1. The summed E-state index contributed by atoms with van der Waals surface area (Å²) in [5.41, 5.74) is 1.36. The predicted octanol–water partition coefficient (Wildman–Crippen LogP) is 2.11. The van der Waals surface area contributed by atoms with E-state index in [4.69, 9.17) is 0 Å². The van der Waals surface area contributed by atoms with Crippen LogP contribution in [-0.2, 0) is 11.3 Å². The number of hydrogen-bond donors (Lipinski definition) is 0. The largest absolute Gasteiger partial charge is 0.368 e. The number of carbonyl (C=O) groups excluding carboxylic acids is 1. The van der Waals surface area contributed by atoms with Crippen molar-refractivity contribution in [3.63, 3.8) is 0 Å². The van der Waals surface area contributed by atoms with E-state index in [1.54, 1.807) is 29.2 Å². The lowest BCUT2D eigenvalue weighted by atomic mass is 10.2. The first-order valence-corrected chi connectivity index (χ1v) is 9.82. The molecule has 0 atom stereocenters. The van der Waals surface area contributed by atoms with E-state index in [-0.39, 0.29) is 23.8 Å². The molecular formula is C20H19N7O5. The first-order valence-electron chi connectivity index (χ1n) is 9.82. The number of rotatable bonds is 6. The Morgan fingerprint density at radius 2 is 1.62 bits per heavy atom. The summed E-state index contributed by atoms with van der Waals surface area (Å²) in [5, 5.41) is 26.0. The zero-order chi connectivity index (χ0) is 22.7. The Labute approximate surface area is 182 Å². The lowest BCUT2D eigenvalue weighted by Crippen LogP contribution is -2.49. The maximum Gasteiger partial charge on any atom is 0.270 e. The van der Waals surface area contributed by atoms with Crippen molar-refractivity contribution in [2.75, 3.05) is 31.1 Å². The van der Waals surface area contributed by atoms with Crippen molar-refractivity contribution in [2.24, 2.45) is 0 Å². The molecular weight excluding hydrogens is 418 g/mol. The second-order valence-corrected chi connectivity index (χ2v) is 7.21. The van der Waals surface area contributed by atoms with Gasteiger partial charge in [0, 0.05) is 61.7 Å². The molecule has 0 unspecified atom stereocenters. The Bertz CT molecular complexity index is 1150. The second-order valence-electron chi connectivity index (χ2n) is 7.21. The molecule has 0 N–H and O–H groups in total. The van der Waals surface area contributed by atoms with Gasteiger partial charge in [0.1, 0.15) is 12.9 Å². The summed E-state index contributed by atoms with van der Waals surface area (Å²) in [5.74, 6) is 0.202. The van der Waals surface area contributed by atoms with E-state index >= 15 is 0 Å². The van der Waals surface area contributed by atoms with Crippen LogP contribution in [-0.4, -0.2) is 61.6 Å². The number of non-ortho nitro benzene ring substituents is 2. The molecule has 2 heterocycles. The Balaban J connectivity index is 1.34. The third-order valence-electron chi connectivity index (χ3n) is 5.21. The summed E-state index contributed by atoms with van der Waals surface area (Å²) < 4.78 is 1.42. The molecule has 0 bridgehead atoms. The van der Waals surface area contributed by atoms with Crippen LogP contribution in [0.5, 0.6) is 0 Å². The normalized spacial score (nSPS) is 13.8. The fraction of sp³-hybridized carbons (Fsp3) is 0.250. The highest BCUT2D eigenvalue weighted by Gasteiger charge is 2.22. The predicted molar refractivity (Wildman–Crippen MR) is 114 cm³/mol. The zero-order valence-corrected chi connectivity index (χ0v) is 16.9. The van der Waals surface area contributed by atoms with Crippen molar-refractivity contribution in [2.45, 2.75) is 6.54 Å². The molecule has 164 valence electrons. The maximum absolute atomic E-state index is 12.7. The number of nitro benzene ring substituents is 2. The quantitative estimate of drug-likeness (QED) is 0.422. The topological polar surface area (TPSA) is 141 Å². The van der Waals surface area contributed by atoms with E-state index in [1.807, 2.05) is 0 Å². The Kier molecular flexibility index (Phi) is 5.75. The monoisotopic (exact) mass is 437 g/mol. The second kappa shape index (κ2) is 8.79. The molecule has 1 aliphatic rings. The molecule has 1 aromatic heterocycles. The highest BCUT2D eigenvalue weighted by atomic mass is 16.6. The van der Waals surface area contributed by atoms with Gasteiger partial charge in [0.25, 0.3) is 11.4 Å². The smallest absolute Gasteiger partial charge is 0.270 e. The van der Waals surface area contributed by atoms with Gasteiger partial charge in [0.2, 0.25) is 5.91 Å². The number of aromatic nitrogens is 3. The molecule has 1 fully saturated rings.